The summed E-state index contributed by atoms with van der Waals surface area (Å²) in [6, 6.07) is 0. The predicted molar refractivity (Wildman–Crippen MR) is 85.7 cm³/mol. The summed E-state index contributed by atoms with van der Waals surface area (Å²) in [5, 5.41) is 0. The van der Waals surface area contributed by atoms with Crippen LogP contribution in [-0.4, -0.2) is 18.6 Å². The molecule has 1 atom stereocenters. The highest BCUT2D eigenvalue weighted by atomic mass is 16.5. The van der Waals surface area contributed by atoms with Crippen molar-refractivity contribution in [1.82, 2.24) is 0 Å². The molecule has 3 heteroatoms. The molecule has 1 amide bonds. The van der Waals surface area contributed by atoms with Crippen LogP contribution in [0, 0.1) is 0 Å². The van der Waals surface area contributed by atoms with Crippen LogP contribution in [0.5, 0.6) is 0 Å². The molecule has 20 heavy (non-hydrogen) atoms. The fraction of sp³-hybridized carbons (Fsp3) is 0.941. The summed E-state index contributed by atoms with van der Waals surface area (Å²) in [6.45, 7) is 4.63. The second-order valence-corrected chi connectivity index (χ2v) is 5.80. The van der Waals surface area contributed by atoms with Crippen LogP contribution in [0.2, 0.25) is 0 Å². The molecular weight excluding hydrogens is 250 g/mol. The Kier molecular flexibility index (Phi) is 14.4. The van der Waals surface area contributed by atoms with E-state index in [9.17, 15) is 4.79 Å². The Morgan fingerprint density at radius 1 is 0.850 bits per heavy atom. The van der Waals surface area contributed by atoms with Crippen LogP contribution in [0.4, 0.5) is 0 Å². The van der Waals surface area contributed by atoms with Crippen molar-refractivity contribution in [1.29, 1.82) is 0 Å². The molecule has 0 aliphatic heterocycles. The lowest BCUT2D eigenvalue weighted by atomic mass is 10.1. The minimum absolute atomic E-state index is 0.371. The Balaban J connectivity index is 3.04. The molecule has 0 heterocycles. The Labute approximate surface area is 125 Å². The van der Waals surface area contributed by atoms with Crippen LogP contribution >= 0.6 is 0 Å². The van der Waals surface area contributed by atoms with E-state index in [1.165, 1.54) is 70.6 Å². The van der Waals surface area contributed by atoms with Gasteiger partial charge in [0.05, 0.1) is 0 Å². The fourth-order valence-corrected chi connectivity index (χ4v) is 2.29. The average molecular weight is 285 g/mol. The zero-order valence-electron chi connectivity index (χ0n) is 13.7. The highest BCUT2D eigenvalue weighted by Gasteiger charge is 2.07. The molecule has 0 spiro atoms. The maximum atomic E-state index is 10.7. The van der Waals surface area contributed by atoms with Gasteiger partial charge < -0.3 is 10.5 Å². The number of carbonyl (C=O) groups is 1. The van der Waals surface area contributed by atoms with Gasteiger partial charge >= 0.3 is 0 Å². The quantitative estimate of drug-likeness (QED) is 0.448. The van der Waals surface area contributed by atoms with E-state index in [2.05, 4.69) is 6.92 Å². The number of carbonyl (C=O) groups excluding carboxylic acids is 1. The lowest BCUT2D eigenvalue weighted by Crippen LogP contribution is -2.28. The summed E-state index contributed by atoms with van der Waals surface area (Å²) in [6.07, 6.45) is 15.6. The molecule has 0 aliphatic carbocycles. The molecule has 0 saturated heterocycles. The molecular formula is C17H35NO2. The zero-order chi connectivity index (χ0) is 15.1. The Hall–Kier alpha value is -0.570. The van der Waals surface area contributed by atoms with Gasteiger partial charge in [0.25, 0.3) is 0 Å². The average Bonchev–Trinajstić information content (AvgIpc) is 2.43. The number of hydrogen-bond donors (Lipinski definition) is 1. The molecule has 0 aromatic carbocycles. The largest absolute Gasteiger partial charge is 0.369 e. The Morgan fingerprint density at radius 3 is 1.65 bits per heavy atom. The molecule has 0 radical (unpaired) electrons. The number of rotatable bonds is 15. The molecule has 0 saturated carbocycles. The van der Waals surface area contributed by atoms with E-state index >= 15 is 0 Å². The van der Waals surface area contributed by atoms with Crippen molar-refractivity contribution in [3.8, 4) is 0 Å². The molecule has 0 bridgehead atoms. The van der Waals surface area contributed by atoms with Crippen molar-refractivity contribution in [2.75, 3.05) is 6.61 Å². The van der Waals surface area contributed by atoms with Crippen molar-refractivity contribution in [2.24, 2.45) is 5.73 Å². The van der Waals surface area contributed by atoms with Crippen LogP contribution in [0.15, 0.2) is 0 Å². The lowest BCUT2D eigenvalue weighted by molar-refractivity contribution is -0.128. The first-order valence-corrected chi connectivity index (χ1v) is 8.59. The van der Waals surface area contributed by atoms with Crippen LogP contribution < -0.4 is 5.73 Å². The van der Waals surface area contributed by atoms with Crippen LogP contribution in [-0.2, 0) is 9.53 Å². The molecule has 0 aromatic heterocycles. The highest BCUT2D eigenvalue weighted by Crippen LogP contribution is 2.11. The van der Waals surface area contributed by atoms with Crippen LogP contribution in [0.3, 0.4) is 0 Å². The van der Waals surface area contributed by atoms with Crippen molar-refractivity contribution in [3.63, 3.8) is 0 Å². The summed E-state index contributed by atoms with van der Waals surface area (Å²) in [4.78, 5) is 10.7. The summed E-state index contributed by atoms with van der Waals surface area (Å²) in [7, 11) is 0. The Bertz CT molecular complexity index is 219. The summed E-state index contributed by atoms with van der Waals surface area (Å²) in [5.74, 6) is -0.371. The van der Waals surface area contributed by atoms with Gasteiger partial charge in [-0.15, -0.1) is 0 Å². The van der Waals surface area contributed by atoms with E-state index in [1.54, 1.807) is 6.92 Å². The highest BCUT2D eigenvalue weighted by molar-refractivity contribution is 5.78. The standard InChI is InChI=1S/C17H35NO2/c1-3-4-5-6-7-8-9-10-11-12-13-14-15-20-16(2)17(18)19/h16H,3-15H2,1-2H3,(H2,18,19). The van der Waals surface area contributed by atoms with Gasteiger partial charge in [-0.25, -0.2) is 0 Å². The van der Waals surface area contributed by atoms with Crippen LogP contribution in [0.1, 0.15) is 90.9 Å². The first-order chi connectivity index (χ1) is 9.68. The summed E-state index contributed by atoms with van der Waals surface area (Å²) < 4.78 is 5.32. The molecule has 3 nitrogen and oxygen atoms in total. The first kappa shape index (κ1) is 19.4. The third-order valence-electron chi connectivity index (χ3n) is 3.77. The molecule has 0 fully saturated rings. The summed E-state index contributed by atoms with van der Waals surface area (Å²) >= 11 is 0. The van der Waals surface area contributed by atoms with Gasteiger partial charge in [0, 0.05) is 6.61 Å². The number of unbranched alkanes of at least 4 members (excludes halogenated alkanes) is 11. The normalized spacial score (nSPS) is 12.5. The molecule has 0 aromatic rings. The predicted octanol–water partition coefficient (Wildman–Crippen LogP) is 4.58. The number of primary amides is 1. The minimum atomic E-state index is -0.442. The van der Waals surface area contributed by atoms with E-state index in [0.29, 0.717) is 6.61 Å². The minimum Gasteiger partial charge on any atom is -0.369 e. The second-order valence-electron chi connectivity index (χ2n) is 5.80. The van der Waals surface area contributed by atoms with Crippen molar-refractivity contribution in [3.05, 3.63) is 0 Å². The molecule has 120 valence electrons. The smallest absolute Gasteiger partial charge is 0.246 e. The second kappa shape index (κ2) is 14.8. The number of hydrogen-bond acceptors (Lipinski definition) is 2. The van der Waals surface area contributed by atoms with E-state index < -0.39 is 6.10 Å². The van der Waals surface area contributed by atoms with Crippen molar-refractivity contribution in [2.45, 2.75) is 97.0 Å². The number of ether oxygens (including phenoxy) is 1. The fourth-order valence-electron chi connectivity index (χ4n) is 2.29. The van der Waals surface area contributed by atoms with Gasteiger partial charge in [0.15, 0.2) is 0 Å². The van der Waals surface area contributed by atoms with E-state index in [0.717, 1.165) is 6.42 Å². The van der Waals surface area contributed by atoms with Crippen LogP contribution in [0.25, 0.3) is 0 Å². The SMILES string of the molecule is CCCCCCCCCCCCCCOC(C)C(N)=O. The third-order valence-corrected chi connectivity index (χ3v) is 3.77. The maximum absolute atomic E-state index is 10.7. The van der Waals surface area contributed by atoms with Gasteiger partial charge in [-0.1, -0.05) is 77.6 Å². The summed E-state index contributed by atoms with van der Waals surface area (Å²) in [5.41, 5.74) is 5.12. The number of amides is 1. The van der Waals surface area contributed by atoms with E-state index in [-0.39, 0.29) is 5.91 Å². The molecule has 1 unspecified atom stereocenters. The number of nitrogens with two attached hydrogens (primary N) is 1. The third kappa shape index (κ3) is 13.9. The van der Waals surface area contributed by atoms with Gasteiger partial charge in [-0.3, -0.25) is 4.79 Å². The molecule has 2 N–H and O–H groups in total. The maximum Gasteiger partial charge on any atom is 0.246 e. The zero-order valence-corrected chi connectivity index (χ0v) is 13.7. The van der Waals surface area contributed by atoms with Crippen molar-refractivity contribution >= 4 is 5.91 Å². The van der Waals surface area contributed by atoms with Gasteiger partial charge in [-0.05, 0) is 13.3 Å². The van der Waals surface area contributed by atoms with Gasteiger partial charge in [0.1, 0.15) is 6.10 Å². The monoisotopic (exact) mass is 285 g/mol. The molecule has 0 aliphatic rings. The first-order valence-electron chi connectivity index (χ1n) is 8.59. The molecule has 0 rings (SSSR count). The van der Waals surface area contributed by atoms with Crippen molar-refractivity contribution < 1.29 is 9.53 Å². The Morgan fingerprint density at radius 2 is 1.25 bits per heavy atom. The lowest BCUT2D eigenvalue weighted by Gasteiger charge is -2.08. The topological polar surface area (TPSA) is 52.3 Å². The van der Waals surface area contributed by atoms with Gasteiger partial charge in [-0.2, -0.15) is 0 Å². The van der Waals surface area contributed by atoms with E-state index in [4.69, 9.17) is 10.5 Å². The van der Waals surface area contributed by atoms with Gasteiger partial charge in [0.2, 0.25) is 5.91 Å². The van der Waals surface area contributed by atoms with E-state index in [1.807, 2.05) is 0 Å².